The monoisotopic (exact) mass is 821 g/mol. The fourth-order valence-electron chi connectivity index (χ4n) is 9.19. The molecule has 0 amide bonds. The molecule has 0 fully saturated rings. The van der Waals surface area contributed by atoms with Gasteiger partial charge in [-0.2, -0.15) is 5.26 Å². The van der Waals surface area contributed by atoms with Crippen molar-refractivity contribution in [2.75, 3.05) is 0 Å². The second kappa shape index (κ2) is 15.1. The summed E-state index contributed by atoms with van der Waals surface area (Å²) in [5.41, 5.74) is 15.9. The van der Waals surface area contributed by atoms with E-state index in [0.29, 0.717) is 34.3 Å². The molecule has 0 radical (unpaired) electrons. The van der Waals surface area contributed by atoms with Gasteiger partial charge in [-0.3, -0.25) is 0 Å². The molecule has 7 nitrogen and oxygen atoms in total. The number of nitriles is 1. The van der Waals surface area contributed by atoms with E-state index < -0.39 is 0 Å². The topological polar surface area (TPSA) is 76.7 Å². The summed E-state index contributed by atoms with van der Waals surface area (Å²) in [5.74, 6) is 1.33. The molecule has 0 unspecified atom stereocenters. The Balaban J connectivity index is 1.13. The molecule has 0 N–H and O–H groups in total. The molecule has 0 aliphatic heterocycles. The predicted octanol–water partition coefficient (Wildman–Crippen LogP) is 14.4. The molecule has 3 aromatic heterocycles. The Labute approximate surface area is 370 Å². The van der Waals surface area contributed by atoms with Gasteiger partial charge >= 0.3 is 0 Å². The van der Waals surface area contributed by atoms with Crippen LogP contribution in [0, 0.1) is 45.6 Å². The average Bonchev–Trinajstić information content (AvgIpc) is 3.82. The number of benzene rings is 8. The summed E-state index contributed by atoms with van der Waals surface area (Å²) in [5, 5.41) is 14.8. The van der Waals surface area contributed by atoms with E-state index in [1.54, 1.807) is 0 Å². The van der Waals surface area contributed by atoms with Crippen LogP contribution in [0.3, 0.4) is 0 Å². The lowest BCUT2D eigenvalue weighted by Crippen LogP contribution is -2.03. The van der Waals surface area contributed by atoms with E-state index in [4.69, 9.17) is 21.5 Å². The zero-order valence-corrected chi connectivity index (χ0v) is 35.7. The van der Waals surface area contributed by atoms with Crippen molar-refractivity contribution in [1.29, 1.82) is 5.26 Å². The van der Waals surface area contributed by atoms with Crippen molar-refractivity contribution in [2.45, 2.75) is 27.7 Å². The van der Waals surface area contributed by atoms with Crippen LogP contribution < -0.4 is 0 Å². The highest BCUT2D eigenvalue weighted by Gasteiger charge is 2.22. The van der Waals surface area contributed by atoms with Gasteiger partial charge in [-0.15, -0.1) is 0 Å². The number of nitrogens with zero attached hydrogens (tertiary/aromatic N) is 7. The van der Waals surface area contributed by atoms with E-state index in [1.165, 1.54) is 43.8 Å². The quantitative estimate of drug-likeness (QED) is 0.157. The number of rotatable bonds is 6. The lowest BCUT2D eigenvalue weighted by Gasteiger charge is -2.16. The van der Waals surface area contributed by atoms with Crippen molar-refractivity contribution < 1.29 is 0 Å². The van der Waals surface area contributed by atoms with Crippen LogP contribution in [0.15, 0.2) is 164 Å². The maximum atomic E-state index is 10.0. The maximum Gasteiger partial charge on any atom is 0.200 e. The molecule has 11 aromatic rings. The second-order valence-corrected chi connectivity index (χ2v) is 16.7. The smallest absolute Gasteiger partial charge is 0.200 e. The highest BCUT2D eigenvalue weighted by molar-refractivity contribution is 6.11. The second-order valence-electron chi connectivity index (χ2n) is 16.7. The molecule has 7 heteroatoms. The molecule has 0 saturated heterocycles. The van der Waals surface area contributed by atoms with Crippen LogP contribution in [-0.2, 0) is 0 Å². The predicted molar refractivity (Wildman–Crippen MR) is 260 cm³/mol. The molecular formula is C57H39N7. The van der Waals surface area contributed by atoms with Crippen molar-refractivity contribution in [3.63, 3.8) is 0 Å². The fourth-order valence-corrected chi connectivity index (χ4v) is 9.19. The molecule has 0 aliphatic carbocycles. The van der Waals surface area contributed by atoms with Crippen LogP contribution >= 0.6 is 0 Å². The van der Waals surface area contributed by atoms with Gasteiger partial charge in [0.15, 0.2) is 23.2 Å². The number of aryl methyl sites for hydroxylation is 4. The minimum atomic E-state index is 0.392. The minimum Gasteiger partial charge on any atom is -0.311 e. The summed E-state index contributed by atoms with van der Waals surface area (Å²) >= 11 is 0. The van der Waals surface area contributed by atoms with E-state index in [9.17, 15) is 5.26 Å². The van der Waals surface area contributed by atoms with Crippen LogP contribution in [0.5, 0.6) is 0 Å². The van der Waals surface area contributed by atoms with Crippen molar-refractivity contribution in [1.82, 2.24) is 24.1 Å². The van der Waals surface area contributed by atoms with Gasteiger partial charge in [0.25, 0.3) is 0 Å². The fraction of sp³-hybridized carbons (Fsp3) is 0.0702. The first kappa shape index (κ1) is 38.3. The van der Waals surface area contributed by atoms with Gasteiger partial charge in [0.2, 0.25) is 0 Å². The van der Waals surface area contributed by atoms with Crippen LogP contribution in [-0.4, -0.2) is 24.1 Å². The zero-order valence-electron chi connectivity index (χ0n) is 35.7. The van der Waals surface area contributed by atoms with Crippen LogP contribution in [0.2, 0.25) is 0 Å². The van der Waals surface area contributed by atoms with Gasteiger partial charge in [-0.05, 0) is 130 Å². The highest BCUT2D eigenvalue weighted by atomic mass is 15.0. The van der Waals surface area contributed by atoms with E-state index in [2.05, 4.69) is 145 Å². The third-order valence-corrected chi connectivity index (χ3v) is 12.2. The number of hydrogen-bond acceptors (Lipinski definition) is 4. The maximum absolute atomic E-state index is 10.0. The SMILES string of the molecule is [C-]#[N+]c1cc(-n2c3ccc(C)cc3c3cc(C)ccc32)ccc1-c1nc(-c2ccccc2)nc(-c2ccc(-n3c4ccc(C)cc4c4cc(C)ccc43)cc2-c2cccc(C#N)c2)n1. The molecule has 0 bridgehead atoms. The Hall–Kier alpha value is -8.65. The summed E-state index contributed by atoms with van der Waals surface area (Å²) < 4.78 is 4.54. The molecule has 3 heterocycles. The zero-order chi connectivity index (χ0) is 43.6. The number of fused-ring (bicyclic) bond motifs is 6. The first-order valence-corrected chi connectivity index (χ1v) is 21.3. The van der Waals surface area contributed by atoms with E-state index >= 15 is 0 Å². The Kier molecular flexibility index (Phi) is 9.01. The summed E-state index contributed by atoms with van der Waals surface area (Å²) in [6, 6.07) is 58.4. The summed E-state index contributed by atoms with van der Waals surface area (Å²) in [6.07, 6.45) is 0. The van der Waals surface area contributed by atoms with Crippen molar-refractivity contribution in [3.8, 4) is 62.7 Å². The third kappa shape index (κ3) is 6.38. The van der Waals surface area contributed by atoms with Crippen LogP contribution in [0.1, 0.15) is 27.8 Å². The minimum absolute atomic E-state index is 0.392. The Morgan fingerprint density at radius 2 is 0.906 bits per heavy atom. The first-order valence-electron chi connectivity index (χ1n) is 21.3. The molecule has 64 heavy (non-hydrogen) atoms. The van der Waals surface area contributed by atoms with E-state index in [0.717, 1.165) is 55.7 Å². The van der Waals surface area contributed by atoms with Crippen molar-refractivity contribution >= 4 is 49.3 Å². The Bertz CT molecular complexity index is 3680. The molecular weight excluding hydrogens is 783 g/mol. The molecule has 302 valence electrons. The number of aromatic nitrogens is 5. The summed E-state index contributed by atoms with van der Waals surface area (Å²) in [6.45, 7) is 17.0. The lowest BCUT2D eigenvalue weighted by molar-refractivity contribution is 1.07. The van der Waals surface area contributed by atoms with Crippen LogP contribution in [0.4, 0.5) is 5.69 Å². The molecule has 11 rings (SSSR count). The van der Waals surface area contributed by atoms with Gasteiger partial charge in [0, 0.05) is 49.6 Å². The van der Waals surface area contributed by atoms with E-state index in [1.807, 2.05) is 66.7 Å². The third-order valence-electron chi connectivity index (χ3n) is 12.2. The van der Waals surface area contributed by atoms with Crippen LogP contribution in [0.25, 0.3) is 105 Å². The van der Waals surface area contributed by atoms with Gasteiger partial charge in [0.05, 0.1) is 40.3 Å². The average molecular weight is 822 g/mol. The molecule has 0 atom stereocenters. The lowest BCUT2D eigenvalue weighted by atomic mass is 9.96. The molecule has 0 aliphatic rings. The van der Waals surface area contributed by atoms with Gasteiger partial charge < -0.3 is 9.13 Å². The van der Waals surface area contributed by atoms with Crippen molar-refractivity contribution in [2.24, 2.45) is 0 Å². The Morgan fingerprint density at radius 3 is 1.42 bits per heavy atom. The summed E-state index contributed by atoms with van der Waals surface area (Å²) in [4.78, 5) is 19.5. The van der Waals surface area contributed by atoms with Gasteiger partial charge in [-0.1, -0.05) is 95.1 Å². The largest absolute Gasteiger partial charge is 0.311 e. The molecule has 0 spiro atoms. The number of hydrogen-bond donors (Lipinski definition) is 0. The van der Waals surface area contributed by atoms with Gasteiger partial charge in [-0.25, -0.2) is 19.8 Å². The normalized spacial score (nSPS) is 11.4. The van der Waals surface area contributed by atoms with Gasteiger partial charge in [0.1, 0.15) is 0 Å². The Morgan fingerprint density at radius 1 is 0.438 bits per heavy atom. The van der Waals surface area contributed by atoms with E-state index in [-0.39, 0.29) is 0 Å². The highest BCUT2D eigenvalue weighted by Crippen LogP contribution is 2.41. The first-order chi connectivity index (χ1) is 31.2. The van der Waals surface area contributed by atoms with Crippen molar-refractivity contribution in [3.05, 3.63) is 203 Å². The standard InChI is InChI=1S/C57H39N7/c1-34-14-22-51-46(26-34)47-27-35(2)15-23-52(47)63(51)41-18-20-43(45(31-41)40-13-9-10-38(30-40)33-58)56-60-55(39-11-7-6-8-12-39)61-57(62-56)44-21-19-42(32-50(44)59-5)64-53-24-16-36(3)28-48(53)49-29-37(4)17-25-54(49)64/h6-32H,1-4H3. The molecule has 0 saturated carbocycles. The molecule has 8 aromatic carbocycles. The summed E-state index contributed by atoms with van der Waals surface area (Å²) in [7, 11) is 0.